The lowest BCUT2D eigenvalue weighted by atomic mass is 10.0. The number of hydrogen-bond acceptors (Lipinski definition) is 1. The van der Waals surface area contributed by atoms with Crippen LogP contribution in [0.2, 0.25) is 0 Å². The van der Waals surface area contributed by atoms with E-state index in [1.807, 2.05) is 0 Å². The van der Waals surface area contributed by atoms with Gasteiger partial charge in [0.15, 0.2) is 0 Å². The highest BCUT2D eigenvalue weighted by atomic mass is 15.1. The van der Waals surface area contributed by atoms with E-state index in [1.165, 1.54) is 5.57 Å². The van der Waals surface area contributed by atoms with Gasteiger partial charge in [-0.25, -0.2) is 0 Å². The molecule has 56 valence electrons. The molecule has 0 bridgehead atoms. The molecule has 0 saturated heterocycles. The molecule has 1 nitrogen and oxygen atoms in total. The largest absolute Gasteiger partial charge is 0.376 e. The van der Waals surface area contributed by atoms with Crippen LogP contribution in [-0.2, 0) is 0 Å². The highest BCUT2D eigenvalue weighted by Crippen LogP contribution is 2.14. The Morgan fingerprint density at radius 3 is 2.60 bits per heavy atom. The van der Waals surface area contributed by atoms with Gasteiger partial charge in [0, 0.05) is 19.8 Å². The molecule has 0 aromatic rings. The molecule has 1 rings (SSSR count). The summed E-state index contributed by atoms with van der Waals surface area (Å²) in [4.78, 5) is 2.20. The van der Waals surface area contributed by atoms with Crippen molar-refractivity contribution in [1.29, 1.82) is 0 Å². The second kappa shape index (κ2) is 2.91. The van der Waals surface area contributed by atoms with Crippen molar-refractivity contribution in [3.05, 3.63) is 23.9 Å². The molecule has 0 aromatic heterocycles. The van der Waals surface area contributed by atoms with Crippen LogP contribution in [0.15, 0.2) is 23.9 Å². The molecule has 0 saturated carbocycles. The lowest BCUT2D eigenvalue weighted by Crippen LogP contribution is -2.15. The van der Waals surface area contributed by atoms with Crippen LogP contribution >= 0.6 is 0 Å². The third-order valence-corrected chi connectivity index (χ3v) is 1.74. The standard InChI is InChI=1S/C9H15N/c1-8(2)9-5-4-6-10(3)7-9/h4-5,7-8H,6H2,1-3H3. The van der Waals surface area contributed by atoms with Crippen molar-refractivity contribution >= 4 is 0 Å². The molecule has 0 fully saturated rings. The lowest BCUT2D eigenvalue weighted by molar-refractivity contribution is 0.491. The summed E-state index contributed by atoms with van der Waals surface area (Å²) in [6.45, 7) is 5.49. The quantitative estimate of drug-likeness (QED) is 0.534. The van der Waals surface area contributed by atoms with E-state index in [9.17, 15) is 0 Å². The van der Waals surface area contributed by atoms with Gasteiger partial charge in [0.25, 0.3) is 0 Å². The topological polar surface area (TPSA) is 3.24 Å². The Balaban J connectivity index is 2.66. The molecule has 0 amide bonds. The van der Waals surface area contributed by atoms with Crippen LogP contribution in [0.1, 0.15) is 13.8 Å². The molecule has 1 heterocycles. The van der Waals surface area contributed by atoms with Gasteiger partial charge in [-0.3, -0.25) is 0 Å². The van der Waals surface area contributed by atoms with Crippen LogP contribution in [0.5, 0.6) is 0 Å². The lowest BCUT2D eigenvalue weighted by Gasteiger charge is -2.19. The fourth-order valence-electron chi connectivity index (χ4n) is 1.05. The van der Waals surface area contributed by atoms with Gasteiger partial charge in [0.05, 0.1) is 0 Å². The van der Waals surface area contributed by atoms with Crippen molar-refractivity contribution in [3.8, 4) is 0 Å². The van der Waals surface area contributed by atoms with Crippen molar-refractivity contribution in [1.82, 2.24) is 4.90 Å². The molecule has 1 heteroatoms. The van der Waals surface area contributed by atoms with Gasteiger partial charge >= 0.3 is 0 Å². The van der Waals surface area contributed by atoms with E-state index in [4.69, 9.17) is 0 Å². The predicted molar refractivity (Wildman–Crippen MR) is 44.7 cm³/mol. The minimum atomic E-state index is 0.652. The zero-order valence-corrected chi connectivity index (χ0v) is 6.96. The number of allylic oxidation sites excluding steroid dienone is 2. The Kier molecular flexibility index (Phi) is 2.15. The highest BCUT2D eigenvalue weighted by molar-refractivity contribution is 5.23. The van der Waals surface area contributed by atoms with E-state index in [0.717, 1.165) is 6.54 Å². The zero-order valence-electron chi connectivity index (χ0n) is 6.96. The molecular weight excluding hydrogens is 122 g/mol. The minimum absolute atomic E-state index is 0.652. The van der Waals surface area contributed by atoms with Gasteiger partial charge in [0.1, 0.15) is 0 Å². The molecule has 0 aliphatic carbocycles. The fourth-order valence-corrected chi connectivity index (χ4v) is 1.05. The highest BCUT2D eigenvalue weighted by Gasteiger charge is 2.03. The van der Waals surface area contributed by atoms with Crippen molar-refractivity contribution in [2.24, 2.45) is 5.92 Å². The summed E-state index contributed by atoms with van der Waals surface area (Å²) in [5.41, 5.74) is 1.42. The maximum absolute atomic E-state index is 2.22. The first kappa shape index (κ1) is 7.39. The van der Waals surface area contributed by atoms with Gasteiger partial charge in [-0.15, -0.1) is 0 Å². The summed E-state index contributed by atoms with van der Waals surface area (Å²) < 4.78 is 0. The maximum atomic E-state index is 2.22. The Labute approximate surface area is 63.0 Å². The van der Waals surface area contributed by atoms with E-state index in [-0.39, 0.29) is 0 Å². The van der Waals surface area contributed by atoms with Crippen LogP contribution in [0.3, 0.4) is 0 Å². The Morgan fingerprint density at radius 2 is 2.20 bits per heavy atom. The summed E-state index contributed by atoms with van der Waals surface area (Å²) in [6.07, 6.45) is 6.63. The third kappa shape index (κ3) is 1.63. The molecule has 0 aromatic carbocycles. The van der Waals surface area contributed by atoms with E-state index >= 15 is 0 Å². The molecule has 10 heavy (non-hydrogen) atoms. The van der Waals surface area contributed by atoms with Crippen LogP contribution in [0, 0.1) is 5.92 Å². The van der Waals surface area contributed by atoms with Crippen LogP contribution in [-0.4, -0.2) is 18.5 Å². The van der Waals surface area contributed by atoms with Crippen LogP contribution in [0.25, 0.3) is 0 Å². The first-order chi connectivity index (χ1) is 4.70. The molecule has 0 atom stereocenters. The number of rotatable bonds is 1. The average molecular weight is 137 g/mol. The summed E-state index contributed by atoms with van der Waals surface area (Å²) in [5, 5.41) is 0. The monoisotopic (exact) mass is 137 g/mol. The molecule has 0 radical (unpaired) electrons. The smallest absolute Gasteiger partial charge is 0.0354 e. The van der Waals surface area contributed by atoms with Crippen molar-refractivity contribution in [2.75, 3.05) is 13.6 Å². The molecule has 1 aliphatic rings. The van der Waals surface area contributed by atoms with E-state index in [1.54, 1.807) is 0 Å². The average Bonchev–Trinajstić information content (AvgIpc) is 1.88. The van der Waals surface area contributed by atoms with E-state index in [2.05, 4.69) is 44.1 Å². The predicted octanol–water partition coefficient (Wildman–Crippen LogP) is 2.03. The molecular formula is C9H15N. The van der Waals surface area contributed by atoms with Gasteiger partial charge in [0.2, 0.25) is 0 Å². The van der Waals surface area contributed by atoms with Crippen molar-refractivity contribution in [3.63, 3.8) is 0 Å². The van der Waals surface area contributed by atoms with Crippen LogP contribution < -0.4 is 0 Å². The zero-order chi connectivity index (χ0) is 7.56. The van der Waals surface area contributed by atoms with Gasteiger partial charge in [-0.05, 0) is 11.5 Å². The van der Waals surface area contributed by atoms with Crippen molar-refractivity contribution < 1.29 is 0 Å². The Hall–Kier alpha value is -0.720. The SMILES string of the molecule is CC(C)C1=CN(C)CC=C1. The summed E-state index contributed by atoms with van der Waals surface area (Å²) in [7, 11) is 2.10. The molecule has 0 N–H and O–H groups in total. The number of hydrogen-bond donors (Lipinski definition) is 0. The Morgan fingerprint density at radius 1 is 1.50 bits per heavy atom. The molecule has 1 aliphatic heterocycles. The number of likely N-dealkylation sites (N-methyl/N-ethyl adjacent to an activating group) is 1. The fraction of sp³-hybridized carbons (Fsp3) is 0.556. The second-order valence-corrected chi connectivity index (χ2v) is 3.13. The minimum Gasteiger partial charge on any atom is -0.376 e. The van der Waals surface area contributed by atoms with Crippen molar-refractivity contribution in [2.45, 2.75) is 13.8 Å². The van der Waals surface area contributed by atoms with Gasteiger partial charge in [-0.2, -0.15) is 0 Å². The molecule has 0 unspecified atom stereocenters. The summed E-state index contributed by atoms with van der Waals surface area (Å²) in [5.74, 6) is 0.652. The molecule has 0 spiro atoms. The summed E-state index contributed by atoms with van der Waals surface area (Å²) >= 11 is 0. The van der Waals surface area contributed by atoms with E-state index < -0.39 is 0 Å². The Bertz CT molecular complexity index is 166. The summed E-state index contributed by atoms with van der Waals surface area (Å²) in [6, 6.07) is 0. The van der Waals surface area contributed by atoms with E-state index in [0.29, 0.717) is 5.92 Å². The first-order valence-corrected chi connectivity index (χ1v) is 3.78. The number of nitrogens with zero attached hydrogens (tertiary/aromatic N) is 1. The maximum Gasteiger partial charge on any atom is 0.0354 e. The normalized spacial score (nSPS) is 18.0. The van der Waals surface area contributed by atoms with Gasteiger partial charge < -0.3 is 4.90 Å². The van der Waals surface area contributed by atoms with Gasteiger partial charge in [-0.1, -0.05) is 26.0 Å². The van der Waals surface area contributed by atoms with Crippen LogP contribution in [0.4, 0.5) is 0 Å². The second-order valence-electron chi connectivity index (χ2n) is 3.13. The third-order valence-electron chi connectivity index (χ3n) is 1.74. The first-order valence-electron chi connectivity index (χ1n) is 3.78.